The molecule has 3 unspecified atom stereocenters. The van der Waals surface area contributed by atoms with Gasteiger partial charge in [-0.05, 0) is 25.8 Å². The lowest BCUT2D eigenvalue weighted by Gasteiger charge is -2.40. The first kappa shape index (κ1) is 15.5. The zero-order valence-corrected chi connectivity index (χ0v) is 13.4. The van der Waals surface area contributed by atoms with Gasteiger partial charge in [-0.1, -0.05) is 20.3 Å². The molecule has 6 heteroatoms. The maximum Gasteiger partial charge on any atom is 0.245 e. The number of amides is 2. The van der Waals surface area contributed by atoms with E-state index in [-0.39, 0.29) is 17.7 Å². The number of aryl methyl sites for hydroxylation is 2. The normalized spacial score (nSPS) is 24.1. The Morgan fingerprint density at radius 1 is 1.43 bits per heavy atom. The monoisotopic (exact) mass is 292 g/mol. The molecule has 1 saturated heterocycles. The topological polar surface area (TPSA) is 67.2 Å². The highest BCUT2D eigenvalue weighted by Crippen LogP contribution is 2.22. The second kappa shape index (κ2) is 5.87. The van der Waals surface area contributed by atoms with Crippen LogP contribution in [0.5, 0.6) is 0 Å². The largest absolute Gasteiger partial charge is 0.343 e. The van der Waals surface area contributed by atoms with E-state index in [2.05, 4.69) is 10.4 Å². The van der Waals surface area contributed by atoms with Crippen LogP contribution in [0, 0.1) is 12.8 Å². The number of piperazine rings is 1. The zero-order valence-electron chi connectivity index (χ0n) is 13.4. The number of nitrogens with one attached hydrogen (secondary N) is 1. The van der Waals surface area contributed by atoms with Crippen LogP contribution in [0.15, 0.2) is 6.07 Å². The van der Waals surface area contributed by atoms with E-state index in [9.17, 15) is 9.59 Å². The van der Waals surface area contributed by atoms with Crippen LogP contribution >= 0.6 is 0 Å². The van der Waals surface area contributed by atoms with Gasteiger partial charge in [0.15, 0.2) is 0 Å². The molecular formula is C15H24N4O2. The number of carbonyl (C=O) groups excluding carboxylic acids is 2. The van der Waals surface area contributed by atoms with Crippen molar-refractivity contribution in [1.82, 2.24) is 20.0 Å². The van der Waals surface area contributed by atoms with Crippen LogP contribution in [0.25, 0.3) is 0 Å². The van der Waals surface area contributed by atoms with Crippen LogP contribution in [0.4, 0.5) is 0 Å². The minimum absolute atomic E-state index is 0.0289. The fraction of sp³-hybridized carbons (Fsp3) is 0.667. The second-order valence-corrected chi connectivity index (χ2v) is 5.93. The van der Waals surface area contributed by atoms with Crippen molar-refractivity contribution in [3.05, 3.63) is 17.5 Å². The Morgan fingerprint density at radius 3 is 2.62 bits per heavy atom. The fourth-order valence-corrected chi connectivity index (χ4v) is 2.84. The van der Waals surface area contributed by atoms with Crippen LogP contribution in [-0.4, -0.2) is 38.6 Å². The third-order valence-electron chi connectivity index (χ3n) is 4.23. The molecule has 0 saturated carbocycles. The molecule has 2 rings (SSSR count). The molecule has 0 aliphatic carbocycles. The van der Waals surface area contributed by atoms with Crippen molar-refractivity contribution in [3.8, 4) is 0 Å². The maximum atomic E-state index is 12.5. The maximum absolute atomic E-state index is 12.5. The molecule has 1 fully saturated rings. The van der Waals surface area contributed by atoms with Crippen LogP contribution in [0.1, 0.15) is 38.6 Å². The predicted octanol–water partition coefficient (Wildman–Crippen LogP) is 0.990. The second-order valence-electron chi connectivity index (χ2n) is 5.93. The van der Waals surface area contributed by atoms with Crippen molar-refractivity contribution in [1.29, 1.82) is 0 Å². The fourth-order valence-electron chi connectivity index (χ4n) is 2.84. The minimum Gasteiger partial charge on any atom is -0.343 e. The van der Waals surface area contributed by atoms with E-state index in [1.54, 1.807) is 16.5 Å². The van der Waals surface area contributed by atoms with Gasteiger partial charge in [0.2, 0.25) is 11.8 Å². The zero-order chi connectivity index (χ0) is 15.7. The molecule has 3 atom stereocenters. The molecule has 0 aromatic carbocycles. The number of hydrogen-bond acceptors (Lipinski definition) is 3. The number of nitrogens with zero attached hydrogens (tertiary/aromatic N) is 3. The van der Waals surface area contributed by atoms with Crippen LogP contribution in [0.2, 0.25) is 0 Å². The summed E-state index contributed by atoms with van der Waals surface area (Å²) in [5, 5.41) is 7.09. The summed E-state index contributed by atoms with van der Waals surface area (Å²) in [7, 11) is 1.86. The Morgan fingerprint density at radius 2 is 2.10 bits per heavy atom. The molecule has 1 aromatic rings. The lowest BCUT2D eigenvalue weighted by atomic mass is 9.93. The summed E-state index contributed by atoms with van der Waals surface area (Å²) < 4.78 is 1.77. The molecule has 6 nitrogen and oxygen atoms in total. The molecular weight excluding hydrogens is 268 g/mol. The number of aromatic nitrogens is 2. The summed E-state index contributed by atoms with van der Waals surface area (Å²) in [4.78, 5) is 26.5. The quantitative estimate of drug-likeness (QED) is 0.900. The van der Waals surface area contributed by atoms with Crippen LogP contribution in [0.3, 0.4) is 0 Å². The standard InChI is InChI=1S/C15H24N4O2/c1-6-9(2)13-14(20)16-11(4)15(21)19(13)8-12-7-10(3)17-18(12)5/h7,9,11,13H,6,8H2,1-5H3,(H,16,20). The molecule has 21 heavy (non-hydrogen) atoms. The number of rotatable bonds is 4. The molecule has 2 amide bonds. The molecule has 1 aromatic heterocycles. The first-order chi connectivity index (χ1) is 9.85. The Kier molecular flexibility index (Phi) is 4.34. The molecule has 1 aliphatic rings. The van der Waals surface area contributed by atoms with Crippen LogP contribution < -0.4 is 5.32 Å². The van der Waals surface area contributed by atoms with Gasteiger partial charge in [-0.25, -0.2) is 0 Å². The Labute approximate surface area is 125 Å². The summed E-state index contributed by atoms with van der Waals surface area (Å²) in [5.41, 5.74) is 1.85. The van der Waals surface area contributed by atoms with Crippen molar-refractivity contribution in [2.45, 2.75) is 52.7 Å². The van der Waals surface area contributed by atoms with Gasteiger partial charge in [-0.3, -0.25) is 14.3 Å². The molecule has 0 bridgehead atoms. The third kappa shape index (κ3) is 2.94. The summed E-state index contributed by atoms with van der Waals surface area (Å²) in [6.07, 6.45) is 0.848. The van der Waals surface area contributed by atoms with E-state index in [0.717, 1.165) is 17.8 Å². The van der Waals surface area contributed by atoms with Crippen molar-refractivity contribution in [2.75, 3.05) is 0 Å². The molecule has 1 aliphatic heterocycles. The summed E-state index contributed by atoms with van der Waals surface area (Å²) in [5.74, 6) is 0.0323. The predicted molar refractivity (Wildman–Crippen MR) is 79.3 cm³/mol. The van der Waals surface area contributed by atoms with Gasteiger partial charge in [0.1, 0.15) is 12.1 Å². The van der Waals surface area contributed by atoms with Gasteiger partial charge in [0.25, 0.3) is 0 Å². The Hall–Kier alpha value is -1.85. The Balaban J connectivity index is 2.31. The van der Waals surface area contributed by atoms with Crippen molar-refractivity contribution >= 4 is 11.8 Å². The average Bonchev–Trinajstić information content (AvgIpc) is 2.73. The van der Waals surface area contributed by atoms with Gasteiger partial charge < -0.3 is 10.2 Å². The lowest BCUT2D eigenvalue weighted by molar-refractivity contribution is -0.151. The van der Waals surface area contributed by atoms with E-state index >= 15 is 0 Å². The van der Waals surface area contributed by atoms with Gasteiger partial charge in [-0.2, -0.15) is 5.10 Å². The molecule has 0 radical (unpaired) electrons. The first-order valence-corrected chi connectivity index (χ1v) is 7.45. The summed E-state index contributed by atoms with van der Waals surface area (Å²) in [6, 6.07) is 1.08. The third-order valence-corrected chi connectivity index (χ3v) is 4.23. The van der Waals surface area contributed by atoms with E-state index in [0.29, 0.717) is 6.54 Å². The molecule has 0 spiro atoms. The van der Waals surface area contributed by atoms with Crippen molar-refractivity contribution < 1.29 is 9.59 Å². The van der Waals surface area contributed by atoms with Crippen LogP contribution in [-0.2, 0) is 23.2 Å². The van der Waals surface area contributed by atoms with E-state index in [4.69, 9.17) is 0 Å². The highest BCUT2D eigenvalue weighted by Gasteiger charge is 2.41. The molecule has 1 N–H and O–H groups in total. The smallest absolute Gasteiger partial charge is 0.245 e. The molecule has 2 heterocycles. The highest BCUT2D eigenvalue weighted by molar-refractivity contribution is 5.96. The first-order valence-electron chi connectivity index (χ1n) is 7.45. The van der Waals surface area contributed by atoms with E-state index in [1.807, 2.05) is 33.9 Å². The SMILES string of the molecule is CCC(C)C1C(=O)NC(C)C(=O)N1Cc1cc(C)nn1C. The van der Waals surface area contributed by atoms with Gasteiger partial charge in [0.05, 0.1) is 17.9 Å². The highest BCUT2D eigenvalue weighted by atomic mass is 16.2. The van der Waals surface area contributed by atoms with Crippen molar-refractivity contribution in [3.63, 3.8) is 0 Å². The van der Waals surface area contributed by atoms with Gasteiger partial charge in [0, 0.05) is 7.05 Å². The number of carbonyl (C=O) groups is 2. The van der Waals surface area contributed by atoms with Gasteiger partial charge in [-0.15, -0.1) is 0 Å². The number of hydrogen-bond donors (Lipinski definition) is 1. The molecule has 116 valence electrons. The van der Waals surface area contributed by atoms with E-state index < -0.39 is 12.1 Å². The Bertz CT molecular complexity index is 552. The average molecular weight is 292 g/mol. The summed E-state index contributed by atoms with van der Waals surface area (Å²) >= 11 is 0. The van der Waals surface area contributed by atoms with E-state index in [1.165, 1.54) is 0 Å². The van der Waals surface area contributed by atoms with Gasteiger partial charge >= 0.3 is 0 Å². The minimum atomic E-state index is -0.466. The lowest BCUT2D eigenvalue weighted by Crippen LogP contribution is -2.63. The summed E-state index contributed by atoms with van der Waals surface area (Å²) in [6.45, 7) is 8.11. The van der Waals surface area contributed by atoms with Crippen molar-refractivity contribution in [2.24, 2.45) is 13.0 Å².